The Morgan fingerprint density at radius 1 is 1.36 bits per heavy atom. The second-order valence-corrected chi connectivity index (χ2v) is 4.49. The SMILES string of the molecule is CC(C)c1ccc(C2CC(O)C2)cn1. The third kappa shape index (κ3) is 1.80. The molecule has 1 N–H and O–H groups in total. The molecule has 0 unspecified atom stereocenters. The molecule has 14 heavy (non-hydrogen) atoms. The van der Waals surface area contributed by atoms with Crippen molar-refractivity contribution in [2.24, 2.45) is 0 Å². The average Bonchev–Trinajstić information content (AvgIpc) is 2.13. The van der Waals surface area contributed by atoms with Crippen molar-refractivity contribution in [3.8, 4) is 0 Å². The monoisotopic (exact) mass is 191 g/mol. The van der Waals surface area contributed by atoms with Gasteiger partial charge in [0.1, 0.15) is 0 Å². The van der Waals surface area contributed by atoms with Crippen LogP contribution in [0.3, 0.4) is 0 Å². The van der Waals surface area contributed by atoms with Gasteiger partial charge in [0.15, 0.2) is 0 Å². The Bertz CT molecular complexity index is 299. The molecule has 1 saturated carbocycles. The van der Waals surface area contributed by atoms with Gasteiger partial charge in [-0.1, -0.05) is 19.9 Å². The first-order valence-corrected chi connectivity index (χ1v) is 5.30. The number of rotatable bonds is 2. The molecular weight excluding hydrogens is 174 g/mol. The van der Waals surface area contributed by atoms with Crippen LogP contribution in [-0.2, 0) is 0 Å². The predicted molar refractivity (Wildman–Crippen MR) is 56.3 cm³/mol. The lowest BCUT2D eigenvalue weighted by Gasteiger charge is -2.31. The van der Waals surface area contributed by atoms with Crippen LogP contribution in [0.25, 0.3) is 0 Å². The molecule has 0 bridgehead atoms. The van der Waals surface area contributed by atoms with E-state index in [4.69, 9.17) is 0 Å². The fourth-order valence-corrected chi connectivity index (χ4v) is 1.86. The molecular formula is C12H17NO. The average molecular weight is 191 g/mol. The Hall–Kier alpha value is -0.890. The Morgan fingerprint density at radius 3 is 2.50 bits per heavy atom. The van der Waals surface area contributed by atoms with Gasteiger partial charge in [0.25, 0.3) is 0 Å². The largest absolute Gasteiger partial charge is 0.393 e. The van der Waals surface area contributed by atoms with Gasteiger partial charge < -0.3 is 5.11 Å². The van der Waals surface area contributed by atoms with E-state index in [0.29, 0.717) is 11.8 Å². The van der Waals surface area contributed by atoms with Gasteiger partial charge in [0, 0.05) is 11.9 Å². The molecule has 0 spiro atoms. The van der Waals surface area contributed by atoms with Crippen LogP contribution in [0.2, 0.25) is 0 Å². The molecule has 1 aliphatic rings. The minimum Gasteiger partial charge on any atom is -0.393 e. The summed E-state index contributed by atoms with van der Waals surface area (Å²) in [7, 11) is 0. The van der Waals surface area contributed by atoms with E-state index in [1.807, 2.05) is 6.20 Å². The van der Waals surface area contributed by atoms with Crippen LogP contribution in [0.15, 0.2) is 18.3 Å². The molecule has 0 saturated heterocycles. The van der Waals surface area contributed by atoms with E-state index in [-0.39, 0.29) is 6.10 Å². The highest BCUT2D eigenvalue weighted by atomic mass is 16.3. The molecule has 2 nitrogen and oxygen atoms in total. The predicted octanol–water partition coefficient (Wildman–Crippen LogP) is 2.44. The van der Waals surface area contributed by atoms with Crippen molar-refractivity contribution in [1.82, 2.24) is 4.98 Å². The summed E-state index contributed by atoms with van der Waals surface area (Å²) in [6.07, 6.45) is 3.70. The lowest BCUT2D eigenvalue weighted by molar-refractivity contribution is 0.0745. The highest BCUT2D eigenvalue weighted by Gasteiger charge is 2.28. The third-order valence-corrected chi connectivity index (χ3v) is 2.99. The van der Waals surface area contributed by atoms with Gasteiger partial charge in [-0.15, -0.1) is 0 Å². The van der Waals surface area contributed by atoms with Gasteiger partial charge in [-0.3, -0.25) is 4.98 Å². The molecule has 76 valence electrons. The topological polar surface area (TPSA) is 33.1 Å². The molecule has 1 fully saturated rings. The van der Waals surface area contributed by atoms with Crippen LogP contribution >= 0.6 is 0 Å². The standard InChI is InChI=1S/C12H17NO/c1-8(2)12-4-3-9(7-13-12)10-5-11(14)6-10/h3-4,7-8,10-11,14H,5-6H2,1-2H3. The van der Waals surface area contributed by atoms with E-state index in [1.165, 1.54) is 5.56 Å². The van der Waals surface area contributed by atoms with Crippen molar-refractivity contribution in [1.29, 1.82) is 0 Å². The van der Waals surface area contributed by atoms with E-state index < -0.39 is 0 Å². The van der Waals surface area contributed by atoms with Crippen molar-refractivity contribution < 1.29 is 5.11 Å². The van der Waals surface area contributed by atoms with Gasteiger partial charge in [-0.05, 0) is 36.3 Å². The zero-order valence-electron chi connectivity index (χ0n) is 8.77. The Labute approximate surface area is 85.0 Å². The van der Waals surface area contributed by atoms with Crippen LogP contribution in [0.5, 0.6) is 0 Å². The quantitative estimate of drug-likeness (QED) is 0.779. The number of hydrogen-bond acceptors (Lipinski definition) is 2. The molecule has 1 heterocycles. The second kappa shape index (κ2) is 3.70. The highest BCUT2D eigenvalue weighted by molar-refractivity contribution is 5.22. The molecule has 2 heteroatoms. The number of aromatic nitrogens is 1. The Balaban J connectivity index is 2.07. The van der Waals surface area contributed by atoms with Gasteiger partial charge >= 0.3 is 0 Å². The van der Waals surface area contributed by atoms with Crippen LogP contribution in [0.4, 0.5) is 0 Å². The molecule has 1 aromatic heterocycles. The Kier molecular flexibility index (Phi) is 2.55. The number of nitrogens with zero attached hydrogens (tertiary/aromatic N) is 1. The molecule has 0 aliphatic heterocycles. The normalized spacial score (nSPS) is 26.3. The first-order valence-electron chi connectivity index (χ1n) is 5.30. The van der Waals surface area contributed by atoms with Crippen LogP contribution in [0, 0.1) is 0 Å². The summed E-state index contributed by atoms with van der Waals surface area (Å²) in [4.78, 5) is 4.42. The van der Waals surface area contributed by atoms with E-state index in [0.717, 1.165) is 18.5 Å². The third-order valence-electron chi connectivity index (χ3n) is 2.99. The first-order chi connectivity index (χ1) is 6.66. The smallest absolute Gasteiger partial charge is 0.0552 e. The van der Waals surface area contributed by atoms with Crippen molar-refractivity contribution in [2.75, 3.05) is 0 Å². The van der Waals surface area contributed by atoms with E-state index in [2.05, 4.69) is 31.0 Å². The van der Waals surface area contributed by atoms with E-state index >= 15 is 0 Å². The fraction of sp³-hybridized carbons (Fsp3) is 0.583. The fourth-order valence-electron chi connectivity index (χ4n) is 1.86. The van der Waals surface area contributed by atoms with Crippen molar-refractivity contribution >= 4 is 0 Å². The zero-order chi connectivity index (χ0) is 10.1. The lowest BCUT2D eigenvalue weighted by atomic mass is 9.78. The van der Waals surface area contributed by atoms with Crippen molar-refractivity contribution in [2.45, 2.75) is 44.6 Å². The number of pyridine rings is 1. The van der Waals surface area contributed by atoms with E-state index in [9.17, 15) is 5.11 Å². The summed E-state index contributed by atoms with van der Waals surface area (Å²) in [5, 5.41) is 9.20. The molecule has 0 aromatic carbocycles. The summed E-state index contributed by atoms with van der Waals surface area (Å²) >= 11 is 0. The maximum atomic E-state index is 9.20. The van der Waals surface area contributed by atoms with Gasteiger partial charge in [-0.25, -0.2) is 0 Å². The Morgan fingerprint density at radius 2 is 2.07 bits per heavy atom. The second-order valence-electron chi connectivity index (χ2n) is 4.49. The first kappa shape index (κ1) is 9.66. The maximum absolute atomic E-state index is 9.20. The summed E-state index contributed by atoms with van der Waals surface area (Å²) in [5.41, 5.74) is 2.42. The summed E-state index contributed by atoms with van der Waals surface area (Å²) < 4.78 is 0. The molecule has 0 radical (unpaired) electrons. The minimum atomic E-state index is -0.0789. The van der Waals surface area contributed by atoms with Gasteiger partial charge in [0.2, 0.25) is 0 Å². The molecule has 2 rings (SSSR count). The number of aliphatic hydroxyl groups is 1. The summed E-state index contributed by atoms with van der Waals surface area (Å²) in [5.74, 6) is 1.04. The van der Waals surface area contributed by atoms with Gasteiger partial charge in [-0.2, -0.15) is 0 Å². The minimum absolute atomic E-state index is 0.0789. The summed E-state index contributed by atoms with van der Waals surface area (Å²) in [6.45, 7) is 4.30. The maximum Gasteiger partial charge on any atom is 0.0552 e. The molecule has 0 atom stereocenters. The number of aliphatic hydroxyl groups excluding tert-OH is 1. The van der Waals surface area contributed by atoms with Gasteiger partial charge in [0.05, 0.1) is 6.10 Å². The van der Waals surface area contributed by atoms with Crippen molar-refractivity contribution in [3.05, 3.63) is 29.6 Å². The molecule has 1 aromatic rings. The zero-order valence-corrected chi connectivity index (χ0v) is 8.77. The highest BCUT2D eigenvalue weighted by Crippen LogP contribution is 2.36. The van der Waals surface area contributed by atoms with E-state index in [1.54, 1.807) is 0 Å². The van der Waals surface area contributed by atoms with Crippen LogP contribution in [-0.4, -0.2) is 16.2 Å². The number of hydrogen-bond donors (Lipinski definition) is 1. The lowest BCUT2D eigenvalue weighted by Crippen LogP contribution is -2.26. The van der Waals surface area contributed by atoms with Crippen LogP contribution < -0.4 is 0 Å². The van der Waals surface area contributed by atoms with Crippen molar-refractivity contribution in [3.63, 3.8) is 0 Å². The molecule has 0 amide bonds. The van der Waals surface area contributed by atoms with Crippen LogP contribution in [0.1, 0.15) is 49.8 Å². The summed E-state index contributed by atoms with van der Waals surface area (Å²) in [6, 6.07) is 4.25. The molecule has 1 aliphatic carbocycles.